The van der Waals surface area contributed by atoms with Crippen molar-refractivity contribution in [1.29, 1.82) is 0 Å². The van der Waals surface area contributed by atoms with Crippen LogP contribution in [0.4, 0.5) is 4.39 Å². The van der Waals surface area contributed by atoms with Gasteiger partial charge in [0.1, 0.15) is 17.0 Å². The van der Waals surface area contributed by atoms with Gasteiger partial charge in [0.25, 0.3) is 11.7 Å². The Balaban J connectivity index is 1.74. The molecule has 2 aromatic heterocycles. The number of likely N-dealkylation sites (tertiary alicyclic amines) is 1. The molecule has 0 aliphatic carbocycles. The first-order valence-corrected chi connectivity index (χ1v) is 10.7. The number of carbonyl (C=O) groups is 1. The molecule has 3 aromatic rings. The van der Waals surface area contributed by atoms with Crippen LogP contribution in [0.1, 0.15) is 34.8 Å². The van der Waals surface area contributed by atoms with Crippen LogP contribution in [0.25, 0.3) is 5.78 Å². The Morgan fingerprint density at radius 2 is 2.04 bits per heavy atom. The van der Waals surface area contributed by atoms with Gasteiger partial charge in [-0.2, -0.15) is 14.6 Å². The molecule has 4 rings (SSSR count). The zero-order valence-electron chi connectivity index (χ0n) is 15.1. The number of hydrogen-bond acceptors (Lipinski definition) is 6. The first-order valence-electron chi connectivity index (χ1n) is 8.79. The topological polar surface area (TPSA) is 97.5 Å². The van der Waals surface area contributed by atoms with E-state index in [1.165, 1.54) is 35.2 Å². The van der Waals surface area contributed by atoms with E-state index in [4.69, 9.17) is 0 Å². The lowest BCUT2D eigenvalue weighted by Gasteiger charge is -2.33. The largest absolute Gasteiger partial charge is 0.338 e. The summed E-state index contributed by atoms with van der Waals surface area (Å²) >= 11 is 0. The summed E-state index contributed by atoms with van der Waals surface area (Å²) in [6.07, 6.45) is 5.03. The van der Waals surface area contributed by atoms with E-state index >= 15 is 0 Å². The van der Waals surface area contributed by atoms with Crippen LogP contribution in [-0.2, 0) is 9.84 Å². The molecule has 0 radical (unpaired) electrons. The minimum Gasteiger partial charge on any atom is -0.338 e. The molecule has 0 saturated carbocycles. The first-order chi connectivity index (χ1) is 13.4. The maximum Gasteiger partial charge on any atom is 0.256 e. The maximum atomic E-state index is 14.0. The van der Waals surface area contributed by atoms with Crippen LogP contribution >= 0.6 is 0 Å². The zero-order valence-corrected chi connectivity index (χ0v) is 15.9. The van der Waals surface area contributed by atoms with Gasteiger partial charge in [-0.3, -0.25) is 4.79 Å². The molecule has 1 aromatic carbocycles. The lowest BCUT2D eigenvalue weighted by molar-refractivity contribution is 0.0699. The van der Waals surface area contributed by atoms with Gasteiger partial charge in [0.05, 0.1) is 17.5 Å². The van der Waals surface area contributed by atoms with E-state index in [1.807, 2.05) is 0 Å². The minimum atomic E-state index is -3.56. The van der Waals surface area contributed by atoms with Crippen LogP contribution in [0.2, 0.25) is 0 Å². The second kappa shape index (κ2) is 6.93. The molecule has 3 heterocycles. The number of carbonyl (C=O) groups excluding carboxylic acids is 1. The number of amides is 1. The summed E-state index contributed by atoms with van der Waals surface area (Å²) in [5.74, 6) is -0.983. The van der Waals surface area contributed by atoms with E-state index in [1.54, 1.807) is 11.0 Å². The Labute approximate surface area is 160 Å². The van der Waals surface area contributed by atoms with Crippen molar-refractivity contribution in [2.45, 2.75) is 23.7 Å². The number of rotatable bonds is 3. The molecule has 0 N–H and O–H groups in total. The highest BCUT2D eigenvalue weighted by atomic mass is 32.2. The van der Waals surface area contributed by atoms with Gasteiger partial charge in [0.2, 0.25) is 0 Å². The molecule has 1 unspecified atom stereocenters. The van der Waals surface area contributed by atoms with Gasteiger partial charge in [0, 0.05) is 25.3 Å². The van der Waals surface area contributed by atoms with Gasteiger partial charge in [0.15, 0.2) is 9.84 Å². The van der Waals surface area contributed by atoms with E-state index in [0.29, 0.717) is 30.9 Å². The second-order valence-corrected chi connectivity index (χ2v) is 8.81. The van der Waals surface area contributed by atoms with Crippen molar-refractivity contribution >= 4 is 21.5 Å². The van der Waals surface area contributed by atoms with Crippen LogP contribution in [0.5, 0.6) is 0 Å². The van der Waals surface area contributed by atoms with Crippen LogP contribution in [0.15, 0.2) is 41.7 Å². The van der Waals surface area contributed by atoms with Gasteiger partial charge in [-0.1, -0.05) is 12.1 Å². The number of halogens is 1. The average molecular weight is 403 g/mol. The molecule has 1 saturated heterocycles. The lowest BCUT2D eigenvalue weighted by atomic mass is 9.94. The molecule has 1 atom stereocenters. The van der Waals surface area contributed by atoms with Crippen LogP contribution in [-0.4, -0.2) is 58.2 Å². The fraction of sp³-hybridized carbons (Fsp3) is 0.333. The average Bonchev–Trinajstić information content (AvgIpc) is 3.15. The summed E-state index contributed by atoms with van der Waals surface area (Å²) in [5.41, 5.74) is 0.461. The van der Waals surface area contributed by atoms with Gasteiger partial charge >= 0.3 is 0 Å². The van der Waals surface area contributed by atoms with Crippen molar-refractivity contribution in [2.24, 2.45) is 0 Å². The molecule has 8 nitrogen and oxygen atoms in total. The number of fused-ring (bicyclic) bond motifs is 1. The van der Waals surface area contributed by atoms with Gasteiger partial charge in [-0.25, -0.2) is 17.8 Å². The third kappa shape index (κ3) is 3.24. The molecule has 0 spiro atoms. The van der Waals surface area contributed by atoms with E-state index in [2.05, 4.69) is 15.1 Å². The van der Waals surface area contributed by atoms with Gasteiger partial charge in [-0.05, 0) is 25.0 Å². The van der Waals surface area contributed by atoms with Gasteiger partial charge in [-0.15, -0.1) is 0 Å². The zero-order chi connectivity index (χ0) is 19.9. The van der Waals surface area contributed by atoms with E-state index in [-0.39, 0.29) is 22.9 Å². The Morgan fingerprint density at radius 3 is 2.79 bits per heavy atom. The van der Waals surface area contributed by atoms with E-state index in [9.17, 15) is 17.6 Å². The molecule has 0 bridgehead atoms. The quantitative estimate of drug-likeness (QED) is 0.660. The highest BCUT2D eigenvalue weighted by Gasteiger charge is 2.32. The van der Waals surface area contributed by atoms with Crippen molar-refractivity contribution in [3.63, 3.8) is 0 Å². The molecule has 10 heteroatoms. The fourth-order valence-corrected chi connectivity index (χ4v) is 4.51. The lowest BCUT2D eigenvalue weighted by Crippen LogP contribution is -2.40. The van der Waals surface area contributed by atoms with Crippen LogP contribution < -0.4 is 0 Å². The SMILES string of the molecule is CS(=O)(=O)c1cnc2ncnn2c1C1CCCN(C(=O)c2ccccc2F)C1. The van der Waals surface area contributed by atoms with Crippen LogP contribution in [0.3, 0.4) is 0 Å². The number of sulfone groups is 1. The highest BCUT2D eigenvalue weighted by Crippen LogP contribution is 2.32. The molecule has 1 amide bonds. The van der Waals surface area contributed by atoms with Crippen molar-refractivity contribution in [3.05, 3.63) is 53.9 Å². The second-order valence-electron chi connectivity index (χ2n) is 6.82. The molecule has 1 aliphatic heterocycles. The Hall–Kier alpha value is -2.88. The molecular weight excluding hydrogens is 385 g/mol. The molecule has 146 valence electrons. The predicted molar refractivity (Wildman–Crippen MR) is 98.2 cm³/mol. The summed E-state index contributed by atoms with van der Waals surface area (Å²) in [6.45, 7) is 0.734. The number of aromatic nitrogens is 4. The van der Waals surface area contributed by atoms with Crippen molar-refractivity contribution in [1.82, 2.24) is 24.5 Å². The Morgan fingerprint density at radius 1 is 1.25 bits per heavy atom. The molecular formula is C18H18FN5O3S. The third-order valence-electron chi connectivity index (χ3n) is 4.91. The standard InChI is InChI=1S/C18H18FN5O3S/c1-28(26,27)15-9-20-18-21-11-22-24(18)16(15)12-5-4-8-23(10-12)17(25)13-6-2-3-7-14(13)19/h2-3,6-7,9,11-12H,4-5,8,10H2,1H3. The van der Waals surface area contributed by atoms with Crippen molar-refractivity contribution < 1.29 is 17.6 Å². The first kappa shape index (κ1) is 18.5. The van der Waals surface area contributed by atoms with E-state index < -0.39 is 21.6 Å². The maximum absolute atomic E-state index is 14.0. The summed E-state index contributed by atoms with van der Waals surface area (Å²) < 4.78 is 40.1. The number of benzene rings is 1. The van der Waals surface area contributed by atoms with Crippen LogP contribution in [0, 0.1) is 5.82 Å². The summed E-state index contributed by atoms with van der Waals surface area (Å²) in [7, 11) is -3.56. The number of nitrogens with zero attached hydrogens (tertiary/aromatic N) is 5. The van der Waals surface area contributed by atoms with Gasteiger partial charge < -0.3 is 4.90 Å². The smallest absolute Gasteiger partial charge is 0.256 e. The predicted octanol–water partition coefficient (Wildman–Crippen LogP) is 1.69. The fourth-order valence-electron chi connectivity index (χ4n) is 3.63. The van der Waals surface area contributed by atoms with Crippen molar-refractivity contribution in [3.8, 4) is 0 Å². The Kier molecular flexibility index (Phi) is 4.58. The van der Waals surface area contributed by atoms with E-state index in [0.717, 1.165) is 6.26 Å². The molecule has 1 fully saturated rings. The van der Waals surface area contributed by atoms with Crippen molar-refractivity contribution in [2.75, 3.05) is 19.3 Å². The highest BCUT2D eigenvalue weighted by molar-refractivity contribution is 7.90. The Bertz CT molecular complexity index is 1160. The summed E-state index contributed by atoms with van der Waals surface area (Å²) in [5, 5.41) is 4.13. The number of hydrogen-bond donors (Lipinski definition) is 0. The molecule has 1 aliphatic rings. The summed E-state index contributed by atoms with van der Waals surface area (Å²) in [6, 6.07) is 5.84. The third-order valence-corrected chi connectivity index (χ3v) is 6.02. The monoisotopic (exact) mass is 403 g/mol. The normalized spacial score (nSPS) is 17.8. The summed E-state index contributed by atoms with van der Waals surface area (Å²) in [4.78, 5) is 22.5. The number of piperidine rings is 1. The molecule has 28 heavy (non-hydrogen) atoms. The minimum absolute atomic E-state index is 0.00659.